The third-order valence-electron chi connectivity index (χ3n) is 3.11. The molecular weight excluding hydrogens is 210 g/mol. The standard InChI is InChI=1S/C14H21NO.CH4/c1-14(2,3)12-4-6-13(7-5-12)15-8-10-16-11-9-15;/h4-7H,8-11H2,1-3H3;1H4. The molecular formula is C15H25NO. The van der Waals surface area contributed by atoms with Crippen molar-refractivity contribution in [1.29, 1.82) is 0 Å². The van der Waals surface area contributed by atoms with Crippen LogP contribution in [-0.4, -0.2) is 26.3 Å². The van der Waals surface area contributed by atoms with E-state index in [9.17, 15) is 0 Å². The highest BCUT2D eigenvalue weighted by molar-refractivity contribution is 5.48. The first-order chi connectivity index (χ1) is 7.57. The van der Waals surface area contributed by atoms with Crippen molar-refractivity contribution in [2.75, 3.05) is 31.2 Å². The molecule has 0 spiro atoms. The molecule has 1 aromatic carbocycles. The first-order valence-electron chi connectivity index (χ1n) is 6.00. The van der Waals surface area contributed by atoms with Gasteiger partial charge in [-0.05, 0) is 23.1 Å². The van der Waals surface area contributed by atoms with Gasteiger partial charge in [0.15, 0.2) is 0 Å². The number of anilines is 1. The third kappa shape index (κ3) is 3.47. The molecule has 1 aliphatic heterocycles. The number of benzene rings is 1. The van der Waals surface area contributed by atoms with Crippen LogP contribution in [0.1, 0.15) is 33.8 Å². The number of rotatable bonds is 1. The van der Waals surface area contributed by atoms with Gasteiger partial charge in [0.1, 0.15) is 0 Å². The van der Waals surface area contributed by atoms with E-state index >= 15 is 0 Å². The smallest absolute Gasteiger partial charge is 0.0642 e. The fourth-order valence-electron chi connectivity index (χ4n) is 1.99. The summed E-state index contributed by atoms with van der Waals surface area (Å²) in [6.45, 7) is 10.5. The summed E-state index contributed by atoms with van der Waals surface area (Å²) in [5.41, 5.74) is 2.95. The molecule has 2 rings (SSSR count). The van der Waals surface area contributed by atoms with Gasteiger partial charge in [0.2, 0.25) is 0 Å². The molecule has 1 aliphatic rings. The van der Waals surface area contributed by atoms with Crippen LogP contribution in [0.15, 0.2) is 24.3 Å². The Morgan fingerprint density at radius 1 is 1.00 bits per heavy atom. The zero-order valence-corrected chi connectivity index (χ0v) is 10.5. The van der Waals surface area contributed by atoms with Crippen molar-refractivity contribution >= 4 is 5.69 Å². The number of nitrogens with zero attached hydrogens (tertiary/aromatic N) is 1. The monoisotopic (exact) mass is 235 g/mol. The molecule has 0 amide bonds. The molecule has 0 bridgehead atoms. The first kappa shape index (κ1) is 14.0. The Bertz CT molecular complexity index is 331. The second-order valence-electron chi connectivity index (χ2n) is 5.40. The summed E-state index contributed by atoms with van der Waals surface area (Å²) in [7, 11) is 0. The lowest BCUT2D eigenvalue weighted by Crippen LogP contribution is -2.36. The molecule has 0 radical (unpaired) electrons. The van der Waals surface area contributed by atoms with Gasteiger partial charge in [-0.1, -0.05) is 40.3 Å². The summed E-state index contributed by atoms with van der Waals surface area (Å²) in [5, 5.41) is 0. The van der Waals surface area contributed by atoms with E-state index in [0.717, 1.165) is 26.3 Å². The van der Waals surface area contributed by atoms with Crippen molar-refractivity contribution in [3.8, 4) is 0 Å². The molecule has 1 fully saturated rings. The Morgan fingerprint density at radius 2 is 1.53 bits per heavy atom. The van der Waals surface area contributed by atoms with Gasteiger partial charge in [0, 0.05) is 18.8 Å². The molecule has 0 aliphatic carbocycles. The molecule has 0 saturated carbocycles. The molecule has 96 valence electrons. The maximum atomic E-state index is 5.36. The molecule has 0 unspecified atom stereocenters. The number of morpholine rings is 1. The van der Waals surface area contributed by atoms with Crippen molar-refractivity contribution in [2.24, 2.45) is 0 Å². The molecule has 0 N–H and O–H groups in total. The van der Waals surface area contributed by atoms with Crippen molar-refractivity contribution in [3.63, 3.8) is 0 Å². The fraction of sp³-hybridized carbons (Fsp3) is 0.600. The molecule has 0 atom stereocenters. The Morgan fingerprint density at radius 3 is 2.00 bits per heavy atom. The highest BCUT2D eigenvalue weighted by Crippen LogP contribution is 2.25. The topological polar surface area (TPSA) is 12.5 Å². The maximum absolute atomic E-state index is 5.36. The summed E-state index contributed by atoms with van der Waals surface area (Å²) < 4.78 is 5.36. The van der Waals surface area contributed by atoms with Crippen LogP contribution < -0.4 is 4.90 Å². The predicted octanol–water partition coefficient (Wildman–Crippen LogP) is 3.46. The van der Waals surface area contributed by atoms with Gasteiger partial charge >= 0.3 is 0 Å². The average molecular weight is 235 g/mol. The van der Waals surface area contributed by atoms with Gasteiger partial charge in [0.25, 0.3) is 0 Å². The normalized spacial score (nSPS) is 16.5. The van der Waals surface area contributed by atoms with E-state index in [0.29, 0.717) is 0 Å². The SMILES string of the molecule is C.CC(C)(C)c1ccc(N2CCOCC2)cc1. The van der Waals surface area contributed by atoms with Crippen LogP contribution in [0.2, 0.25) is 0 Å². The van der Waals surface area contributed by atoms with Crippen LogP contribution >= 0.6 is 0 Å². The first-order valence-corrected chi connectivity index (χ1v) is 6.00. The number of ether oxygens (including phenoxy) is 1. The van der Waals surface area contributed by atoms with E-state index in [-0.39, 0.29) is 12.8 Å². The van der Waals surface area contributed by atoms with E-state index in [1.54, 1.807) is 0 Å². The van der Waals surface area contributed by atoms with Crippen LogP contribution in [-0.2, 0) is 10.2 Å². The minimum absolute atomic E-state index is 0. The Balaban J connectivity index is 0.00000144. The van der Waals surface area contributed by atoms with Crippen LogP contribution in [0.25, 0.3) is 0 Å². The zero-order valence-electron chi connectivity index (χ0n) is 10.5. The van der Waals surface area contributed by atoms with Crippen LogP contribution in [0.5, 0.6) is 0 Å². The van der Waals surface area contributed by atoms with E-state index in [1.807, 2.05) is 0 Å². The van der Waals surface area contributed by atoms with E-state index in [4.69, 9.17) is 4.74 Å². The molecule has 2 nitrogen and oxygen atoms in total. The van der Waals surface area contributed by atoms with Crippen molar-refractivity contribution < 1.29 is 4.74 Å². The third-order valence-corrected chi connectivity index (χ3v) is 3.11. The average Bonchev–Trinajstić information content (AvgIpc) is 2.29. The largest absolute Gasteiger partial charge is 0.378 e. The molecule has 1 aromatic rings. The van der Waals surface area contributed by atoms with Crippen molar-refractivity contribution in [1.82, 2.24) is 0 Å². The Labute approximate surface area is 106 Å². The second kappa shape index (κ2) is 5.54. The van der Waals surface area contributed by atoms with Crippen LogP contribution in [0.4, 0.5) is 5.69 Å². The molecule has 1 heterocycles. The van der Waals surface area contributed by atoms with Crippen molar-refractivity contribution in [2.45, 2.75) is 33.6 Å². The van der Waals surface area contributed by atoms with E-state index < -0.39 is 0 Å². The molecule has 17 heavy (non-hydrogen) atoms. The fourth-order valence-corrected chi connectivity index (χ4v) is 1.99. The lowest BCUT2D eigenvalue weighted by atomic mass is 9.87. The molecule has 2 heteroatoms. The summed E-state index contributed by atoms with van der Waals surface area (Å²) >= 11 is 0. The number of hydrogen-bond donors (Lipinski definition) is 0. The van der Waals surface area contributed by atoms with Crippen LogP contribution in [0.3, 0.4) is 0 Å². The summed E-state index contributed by atoms with van der Waals surface area (Å²) in [6, 6.07) is 8.94. The van der Waals surface area contributed by atoms with Gasteiger partial charge in [-0.2, -0.15) is 0 Å². The predicted molar refractivity (Wildman–Crippen MR) is 74.9 cm³/mol. The van der Waals surface area contributed by atoms with Crippen molar-refractivity contribution in [3.05, 3.63) is 29.8 Å². The van der Waals surface area contributed by atoms with E-state index in [1.165, 1.54) is 11.3 Å². The zero-order chi connectivity index (χ0) is 11.6. The summed E-state index contributed by atoms with van der Waals surface area (Å²) in [4.78, 5) is 2.38. The van der Waals surface area contributed by atoms with Gasteiger partial charge in [-0.3, -0.25) is 0 Å². The minimum Gasteiger partial charge on any atom is -0.378 e. The number of hydrogen-bond acceptors (Lipinski definition) is 2. The molecule has 1 saturated heterocycles. The van der Waals surface area contributed by atoms with Crippen LogP contribution in [0, 0.1) is 0 Å². The van der Waals surface area contributed by atoms with Gasteiger partial charge in [-0.25, -0.2) is 0 Å². The highest BCUT2D eigenvalue weighted by Gasteiger charge is 2.15. The minimum atomic E-state index is 0. The Kier molecular flexibility index (Phi) is 4.58. The second-order valence-corrected chi connectivity index (χ2v) is 5.40. The summed E-state index contributed by atoms with van der Waals surface area (Å²) in [5.74, 6) is 0. The van der Waals surface area contributed by atoms with Gasteiger partial charge in [0.05, 0.1) is 13.2 Å². The van der Waals surface area contributed by atoms with E-state index in [2.05, 4.69) is 49.9 Å². The lowest BCUT2D eigenvalue weighted by Gasteiger charge is -2.29. The lowest BCUT2D eigenvalue weighted by molar-refractivity contribution is 0.122. The van der Waals surface area contributed by atoms with Gasteiger partial charge < -0.3 is 9.64 Å². The molecule has 0 aromatic heterocycles. The maximum Gasteiger partial charge on any atom is 0.0642 e. The highest BCUT2D eigenvalue weighted by atomic mass is 16.5. The Hall–Kier alpha value is -1.02. The quantitative estimate of drug-likeness (QED) is 0.739. The summed E-state index contributed by atoms with van der Waals surface area (Å²) in [6.07, 6.45) is 0. The van der Waals surface area contributed by atoms with Gasteiger partial charge in [-0.15, -0.1) is 0 Å².